The summed E-state index contributed by atoms with van der Waals surface area (Å²) in [6.07, 6.45) is 7.48. The van der Waals surface area contributed by atoms with E-state index in [2.05, 4.69) is 29.5 Å². The van der Waals surface area contributed by atoms with Gasteiger partial charge in [-0.05, 0) is 83.6 Å². The van der Waals surface area contributed by atoms with Gasteiger partial charge in [-0.1, -0.05) is 35.6 Å². The minimum absolute atomic E-state index is 0.0806. The molecule has 24 heavy (non-hydrogen) atoms. The van der Waals surface area contributed by atoms with Crippen molar-refractivity contribution in [2.45, 2.75) is 57.0 Å². The van der Waals surface area contributed by atoms with Crippen molar-refractivity contribution in [3.63, 3.8) is 0 Å². The van der Waals surface area contributed by atoms with Crippen molar-refractivity contribution in [3.8, 4) is 5.75 Å². The van der Waals surface area contributed by atoms with Gasteiger partial charge in [-0.15, -0.1) is 0 Å². The Balaban J connectivity index is 1.72. The quantitative estimate of drug-likeness (QED) is 0.597. The molecule has 5 atom stereocenters. The first-order chi connectivity index (χ1) is 11.4. The molecule has 0 aliphatic heterocycles. The van der Waals surface area contributed by atoms with Crippen LogP contribution in [0.1, 0.15) is 56.1 Å². The second-order valence-electron chi connectivity index (χ2n) is 8.09. The van der Waals surface area contributed by atoms with Crippen molar-refractivity contribution in [1.29, 1.82) is 0 Å². The highest BCUT2D eigenvalue weighted by molar-refractivity contribution is 14.1. The van der Waals surface area contributed by atoms with Crippen LogP contribution in [0.2, 0.25) is 0 Å². The fourth-order valence-electron chi connectivity index (χ4n) is 6.04. The zero-order chi connectivity index (χ0) is 17.1. The third-order valence-corrected chi connectivity index (χ3v) is 7.74. The first-order valence-corrected chi connectivity index (χ1v) is 10.2. The van der Waals surface area contributed by atoms with Gasteiger partial charge < -0.3 is 10.2 Å². The van der Waals surface area contributed by atoms with E-state index in [0.717, 1.165) is 43.2 Å². The summed E-state index contributed by atoms with van der Waals surface area (Å²) < 4.78 is 16.3. The van der Waals surface area contributed by atoms with Gasteiger partial charge >= 0.3 is 0 Å². The summed E-state index contributed by atoms with van der Waals surface area (Å²) in [6, 6.07) is 3.44. The Morgan fingerprint density at radius 1 is 1.25 bits per heavy atom. The van der Waals surface area contributed by atoms with Crippen molar-refractivity contribution in [2.24, 2.45) is 17.3 Å². The molecule has 2 N–H and O–H groups in total. The number of aliphatic hydroxyl groups is 1. The summed E-state index contributed by atoms with van der Waals surface area (Å²) in [5.74, 6) is 0.717. The maximum Gasteiger partial charge on any atom is 0.168 e. The normalized spacial score (nSPS) is 41.1. The molecule has 0 amide bonds. The van der Waals surface area contributed by atoms with Gasteiger partial charge in [-0.3, -0.25) is 0 Å². The van der Waals surface area contributed by atoms with E-state index in [0.29, 0.717) is 24.2 Å². The Kier molecular flexibility index (Phi) is 3.99. The van der Waals surface area contributed by atoms with Crippen molar-refractivity contribution in [1.82, 2.24) is 0 Å². The van der Waals surface area contributed by atoms with E-state index >= 15 is 0 Å². The van der Waals surface area contributed by atoms with Crippen LogP contribution in [0.25, 0.3) is 0 Å². The van der Waals surface area contributed by atoms with Crippen LogP contribution in [0.5, 0.6) is 5.75 Å². The number of benzene rings is 1. The van der Waals surface area contributed by atoms with E-state index in [-0.39, 0.29) is 11.2 Å². The van der Waals surface area contributed by atoms with Crippen LogP contribution in [0.15, 0.2) is 22.3 Å². The molecule has 0 aromatic heterocycles. The molecule has 0 spiro atoms. The number of hydrogen-bond donors (Lipinski definition) is 2. The molecule has 0 bridgehead atoms. The molecule has 0 saturated heterocycles. The molecular formula is C20H24FIO2. The molecule has 3 aliphatic rings. The van der Waals surface area contributed by atoms with Crippen LogP contribution in [-0.4, -0.2) is 15.8 Å². The van der Waals surface area contributed by atoms with Gasteiger partial charge in [0, 0.05) is 5.41 Å². The average Bonchev–Trinajstić information content (AvgIpc) is 2.82. The summed E-state index contributed by atoms with van der Waals surface area (Å²) in [4.78, 5) is 0. The second-order valence-corrected chi connectivity index (χ2v) is 8.81. The molecule has 0 radical (unpaired) electrons. The van der Waals surface area contributed by atoms with Gasteiger partial charge in [0.25, 0.3) is 0 Å². The molecular weight excluding hydrogens is 418 g/mol. The van der Waals surface area contributed by atoms with E-state index in [9.17, 15) is 14.6 Å². The highest BCUT2D eigenvalue weighted by Crippen LogP contribution is 2.64. The van der Waals surface area contributed by atoms with Crippen molar-refractivity contribution in [2.75, 3.05) is 0 Å². The predicted octanol–water partition coefficient (Wildman–Crippen LogP) is 5.07. The lowest BCUT2D eigenvalue weighted by atomic mass is 9.53. The zero-order valence-electron chi connectivity index (χ0n) is 13.9. The number of halogens is 2. The van der Waals surface area contributed by atoms with Gasteiger partial charge in [0.1, 0.15) is 0 Å². The average molecular weight is 442 g/mol. The Bertz CT molecular complexity index is 703. The molecule has 0 unspecified atom stereocenters. The third kappa shape index (κ3) is 2.14. The molecule has 1 aromatic carbocycles. The van der Waals surface area contributed by atoms with E-state index < -0.39 is 11.4 Å². The minimum Gasteiger partial charge on any atom is -0.505 e. The molecule has 2 fully saturated rings. The molecule has 0 heterocycles. The lowest BCUT2D eigenvalue weighted by molar-refractivity contribution is -0.0709. The van der Waals surface area contributed by atoms with Gasteiger partial charge in [-0.2, -0.15) is 0 Å². The monoisotopic (exact) mass is 442 g/mol. The van der Waals surface area contributed by atoms with Gasteiger partial charge in [-0.25, -0.2) is 4.39 Å². The number of phenols is 1. The Hall–Kier alpha value is -0.620. The van der Waals surface area contributed by atoms with E-state index in [1.165, 1.54) is 6.07 Å². The highest BCUT2D eigenvalue weighted by Gasteiger charge is 2.60. The largest absolute Gasteiger partial charge is 0.505 e. The van der Waals surface area contributed by atoms with E-state index in [1.54, 1.807) is 0 Å². The zero-order valence-corrected chi connectivity index (χ0v) is 16.1. The van der Waals surface area contributed by atoms with Crippen molar-refractivity contribution < 1.29 is 14.6 Å². The van der Waals surface area contributed by atoms with Crippen LogP contribution in [-0.2, 0) is 6.42 Å². The molecule has 4 heteroatoms. The first kappa shape index (κ1) is 16.8. The molecule has 130 valence electrons. The van der Waals surface area contributed by atoms with Crippen LogP contribution >= 0.6 is 22.6 Å². The van der Waals surface area contributed by atoms with Gasteiger partial charge in [0.2, 0.25) is 0 Å². The number of rotatable bonds is 1. The summed E-state index contributed by atoms with van der Waals surface area (Å²) in [5, 5.41) is 20.9. The molecule has 3 aliphatic carbocycles. The third-order valence-electron chi connectivity index (χ3n) is 7.38. The van der Waals surface area contributed by atoms with E-state index in [1.807, 2.05) is 16.2 Å². The predicted molar refractivity (Wildman–Crippen MR) is 101 cm³/mol. The number of aromatic hydroxyl groups is 1. The van der Waals surface area contributed by atoms with Crippen molar-refractivity contribution in [3.05, 3.63) is 39.2 Å². The Morgan fingerprint density at radius 3 is 2.79 bits per heavy atom. The van der Waals surface area contributed by atoms with Crippen LogP contribution < -0.4 is 0 Å². The van der Waals surface area contributed by atoms with Crippen molar-refractivity contribution >= 4 is 22.6 Å². The lowest BCUT2D eigenvalue weighted by Crippen LogP contribution is -2.49. The lowest BCUT2D eigenvalue weighted by Gasteiger charge is -2.52. The number of fused-ring (bicyclic) bond motifs is 5. The first-order valence-electron chi connectivity index (χ1n) is 8.92. The van der Waals surface area contributed by atoms with Crippen LogP contribution in [0.3, 0.4) is 0 Å². The number of hydrogen-bond acceptors (Lipinski definition) is 2. The molecule has 1 aromatic rings. The Morgan fingerprint density at radius 2 is 2.04 bits per heavy atom. The molecule has 2 nitrogen and oxygen atoms in total. The smallest absolute Gasteiger partial charge is 0.168 e. The standard InChI is InChI=1S/C20H24FIO2/c1-19-8-6-13-12-4-5-17(23)18(21)15(12)3-2-14(13)16(19)7-9-20(19,24)10-11-22/h4-5,10-11,13-14,16,23-24H,2-3,6-9H2,1H3/b11-10+/t13-,14-,16+,19+,20-/m1/s1. The minimum atomic E-state index is -0.704. The van der Waals surface area contributed by atoms with E-state index in [4.69, 9.17) is 0 Å². The van der Waals surface area contributed by atoms with Crippen LogP contribution in [0.4, 0.5) is 4.39 Å². The van der Waals surface area contributed by atoms with Crippen LogP contribution in [0, 0.1) is 23.1 Å². The summed E-state index contributed by atoms with van der Waals surface area (Å²) in [6.45, 7) is 2.25. The topological polar surface area (TPSA) is 40.5 Å². The van der Waals surface area contributed by atoms with Gasteiger partial charge in [0.05, 0.1) is 5.60 Å². The SMILES string of the molecule is C[C@]12CC[C@@H]3c4ccc(O)c(F)c4CC[C@H]3[C@@H]1CC[C@@]2(O)/C=C/I. The fourth-order valence-corrected chi connectivity index (χ4v) is 6.64. The Labute approximate surface area is 156 Å². The fraction of sp³-hybridized carbons (Fsp3) is 0.600. The second kappa shape index (κ2) is 5.70. The van der Waals surface area contributed by atoms with Gasteiger partial charge in [0.15, 0.2) is 11.6 Å². The summed E-state index contributed by atoms with van der Waals surface area (Å²) in [5.41, 5.74) is 1.04. The maximum absolute atomic E-state index is 14.3. The summed E-state index contributed by atoms with van der Waals surface area (Å²) >= 11 is 2.20. The molecule has 4 rings (SSSR count). The summed E-state index contributed by atoms with van der Waals surface area (Å²) in [7, 11) is 0. The maximum atomic E-state index is 14.3. The molecule has 2 saturated carbocycles. The highest BCUT2D eigenvalue weighted by atomic mass is 127. The number of phenolic OH excluding ortho intramolecular Hbond substituents is 1.